The molecule has 0 aliphatic rings. The van der Waals surface area contributed by atoms with Crippen LogP contribution in [0.2, 0.25) is 0 Å². The molecule has 0 bridgehead atoms. The van der Waals surface area contributed by atoms with Crippen molar-refractivity contribution in [3.63, 3.8) is 0 Å². The van der Waals surface area contributed by atoms with Gasteiger partial charge in [0.05, 0.1) is 17.7 Å². The van der Waals surface area contributed by atoms with E-state index in [1.165, 1.54) is 6.07 Å². The van der Waals surface area contributed by atoms with Gasteiger partial charge in [-0.3, -0.25) is 14.8 Å². The fourth-order valence-electron chi connectivity index (χ4n) is 1.66. The lowest BCUT2D eigenvalue weighted by molar-refractivity contribution is -0.384. The minimum Gasteiger partial charge on any atom is -0.324 e. The van der Waals surface area contributed by atoms with Gasteiger partial charge >= 0.3 is 0 Å². The highest BCUT2D eigenvalue weighted by atomic mass is 16.6. The maximum atomic E-state index is 10.7. The molecule has 0 spiro atoms. The molecule has 94 valence electrons. The zero-order chi connectivity index (χ0) is 13.1. The molecule has 0 aliphatic carbocycles. The summed E-state index contributed by atoms with van der Waals surface area (Å²) in [5.74, 6) is 0. The van der Waals surface area contributed by atoms with Gasteiger partial charge in [0.1, 0.15) is 0 Å². The minimum atomic E-state index is -0.403. The van der Waals surface area contributed by atoms with Crippen molar-refractivity contribution >= 4 is 5.69 Å². The maximum Gasteiger partial charge on any atom is 0.269 e. The second-order valence-corrected chi connectivity index (χ2v) is 4.19. The van der Waals surface area contributed by atoms with Crippen LogP contribution >= 0.6 is 0 Å². The van der Waals surface area contributed by atoms with Gasteiger partial charge in [-0.1, -0.05) is 12.1 Å². The Bertz CT molecular complexity index is 563. The largest absolute Gasteiger partial charge is 0.324 e. The third-order valence-electron chi connectivity index (χ3n) is 2.64. The molecule has 6 nitrogen and oxygen atoms in total. The van der Waals surface area contributed by atoms with E-state index in [0.717, 1.165) is 11.1 Å². The molecule has 1 heterocycles. The van der Waals surface area contributed by atoms with Crippen molar-refractivity contribution < 1.29 is 4.92 Å². The number of rotatable bonds is 4. The quantitative estimate of drug-likeness (QED) is 0.658. The molecule has 2 N–H and O–H groups in total. The Kier molecular flexibility index (Phi) is 3.38. The predicted octanol–water partition coefficient (Wildman–Crippen LogP) is 1.86. The first-order valence-electron chi connectivity index (χ1n) is 5.57. The van der Waals surface area contributed by atoms with Gasteiger partial charge in [0.2, 0.25) is 0 Å². The summed E-state index contributed by atoms with van der Waals surface area (Å²) < 4.78 is 1.72. The van der Waals surface area contributed by atoms with E-state index in [1.54, 1.807) is 23.0 Å². The molecular formula is C12H14N4O2. The maximum absolute atomic E-state index is 10.7. The van der Waals surface area contributed by atoms with E-state index in [9.17, 15) is 10.1 Å². The summed E-state index contributed by atoms with van der Waals surface area (Å²) in [6.45, 7) is 2.38. The Balaban J connectivity index is 2.17. The van der Waals surface area contributed by atoms with Gasteiger partial charge in [-0.15, -0.1) is 0 Å². The van der Waals surface area contributed by atoms with E-state index in [-0.39, 0.29) is 11.7 Å². The molecule has 0 saturated carbocycles. The van der Waals surface area contributed by atoms with E-state index in [0.29, 0.717) is 6.54 Å². The van der Waals surface area contributed by atoms with Gasteiger partial charge in [-0.05, 0) is 12.5 Å². The van der Waals surface area contributed by atoms with Gasteiger partial charge in [-0.2, -0.15) is 5.10 Å². The second-order valence-electron chi connectivity index (χ2n) is 4.19. The third kappa shape index (κ3) is 2.72. The molecule has 0 saturated heterocycles. The Morgan fingerprint density at radius 1 is 1.56 bits per heavy atom. The van der Waals surface area contributed by atoms with Crippen molar-refractivity contribution in [1.82, 2.24) is 9.78 Å². The summed E-state index contributed by atoms with van der Waals surface area (Å²) in [4.78, 5) is 10.3. The number of aromatic nitrogens is 2. The smallest absolute Gasteiger partial charge is 0.269 e. The lowest BCUT2D eigenvalue weighted by atomic mass is 10.2. The standard InChI is InChI=1S/C12H14N4O2/c1-9(13)11-6-14-15(8-11)7-10-3-2-4-12(5-10)16(17)18/h2-6,8-9H,7,13H2,1H3. The number of nitrogens with two attached hydrogens (primary N) is 1. The van der Waals surface area contributed by atoms with Crippen molar-refractivity contribution in [2.75, 3.05) is 0 Å². The lowest BCUT2D eigenvalue weighted by Crippen LogP contribution is -2.04. The van der Waals surface area contributed by atoms with Crippen molar-refractivity contribution in [2.24, 2.45) is 5.73 Å². The van der Waals surface area contributed by atoms with Crippen molar-refractivity contribution in [3.05, 3.63) is 57.9 Å². The molecule has 0 amide bonds. The van der Waals surface area contributed by atoms with Crippen molar-refractivity contribution in [2.45, 2.75) is 19.5 Å². The monoisotopic (exact) mass is 246 g/mol. The van der Waals surface area contributed by atoms with E-state index >= 15 is 0 Å². The molecule has 2 aromatic rings. The molecular weight excluding hydrogens is 232 g/mol. The molecule has 0 fully saturated rings. The molecule has 1 aromatic heterocycles. The van der Waals surface area contributed by atoms with Crippen LogP contribution < -0.4 is 5.73 Å². The van der Waals surface area contributed by atoms with Crippen molar-refractivity contribution in [1.29, 1.82) is 0 Å². The average Bonchev–Trinajstić information content (AvgIpc) is 2.78. The van der Waals surface area contributed by atoms with Crippen molar-refractivity contribution in [3.8, 4) is 0 Å². The Morgan fingerprint density at radius 3 is 2.94 bits per heavy atom. The van der Waals surface area contributed by atoms with Crippen LogP contribution in [0.25, 0.3) is 0 Å². The number of non-ortho nitro benzene ring substituents is 1. The van der Waals surface area contributed by atoms with Crippen LogP contribution in [0, 0.1) is 10.1 Å². The highest BCUT2D eigenvalue weighted by Gasteiger charge is 2.07. The summed E-state index contributed by atoms with van der Waals surface area (Å²) in [5, 5.41) is 14.8. The van der Waals surface area contributed by atoms with Crippen LogP contribution in [-0.4, -0.2) is 14.7 Å². The SMILES string of the molecule is CC(N)c1cnn(Cc2cccc([N+](=O)[O-])c2)c1. The molecule has 1 aromatic carbocycles. The molecule has 18 heavy (non-hydrogen) atoms. The van der Waals surface area contributed by atoms with E-state index in [4.69, 9.17) is 5.73 Å². The molecule has 0 radical (unpaired) electrons. The topological polar surface area (TPSA) is 87.0 Å². The fraction of sp³-hybridized carbons (Fsp3) is 0.250. The predicted molar refractivity (Wildman–Crippen MR) is 67.0 cm³/mol. The Morgan fingerprint density at radius 2 is 2.33 bits per heavy atom. The van der Waals surface area contributed by atoms with E-state index < -0.39 is 4.92 Å². The fourth-order valence-corrected chi connectivity index (χ4v) is 1.66. The van der Waals surface area contributed by atoms with Crippen LogP contribution in [0.5, 0.6) is 0 Å². The zero-order valence-corrected chi connectivity index (χ0v) is 9.98. The first kappa shape index (κ1) is 12.3. The number of hydrogen-bond donors (Lipinski definition) is 1. The number of benzene rings is 1. The summed E-state index contributed by atoms with van der Waals surface area (Å²) in [6.07, 6.45) is 3.56. The Hall–Kier alpha value is -2.21. The Labute approximate surface area is 104 Å². The van der Waals surface area contributed by atoms with Gasteiger partial charge in [0, 0.05) is 29.9 Å². The lowest BCUT2D eigenvalue weighted by Gasteiger charge is -2.02. The molecule has 2 rings (SSSR count). The van der Waals surface area contributed by atoms with Crippen LogP contribution in [0.3, 0.4) is 0 Å². The summed E-state index contributed by atoms with van der Waals surface area (Å²) in [6, 6.07) is 6.46. The normalized spacial score (nSPS) is 12.3. The molecule has 1 atom stereocenters. The second kappa shape index (κ2) is 4.97. The number of nitro benzene ring substituents is 1. The number of nitro groups is 1. The zero-order valence-electron chi connectivity index (χ0n) is 9.98. The van der Waals surface area contributed by atoms with Gasteiger partial charge in [-0.25, -0.2) is 0 Å². The number of nitrogens with zero attached hydrogens (tertiary/aromatic N) is 3. The molecule has 6 heteroatoms. The van der Waals surface area contributed by atoms with Crippen LogP contribution in [0.1, 0.15) is 24.1 Å². The highest BCUT2D eigenvalue weighted by Crippen LogP contribution is 2.15. The molecule has 1 unspecified atom stereocenters. The van der Waals surface area contributed by atoms with Gasteiger partial charge < -0.3 is 5.73 Å². The van der Waals surface area contributed by atoms with E-state index in [1.807, 2.05) is 19.2 Å². The van der Waals surface area contributed by atoms with Gasteiger partial charge in [0.25, 0.3) is 5.69 Å². The first-order valence-corrected chi connectivity index (χ1v) is 5.57. The van der Waals surface area contributed by atoms with Gasteiger partial charge in [0.15, 0.2) is 0 Å². The van der Waals surface area contributed by atoms with E-state index in [2.05, 4.69) is 5.10 Å². The average molecular weight is 246 g/mol. The van der Waals surface area contributed by atoms with Crippen LogP contribution in [-0.2, 0) is 6.54 Å². The summed E-state index contributed by atoms with van der Waals surface area (Å²) in [5.41, 5.74) is 7.61. The van der Waals surface area contributed by atoms with Crippen LogP contribution in [0.15, 0.2) is 36.7 Å². The van der Waals surface area contributed by atoms with Crippen LogP contribution in [0.4, 0.5) is 5.69 Å². The number of hydrogen-bond acceptors (Lipinski definition) is 4. The molecule has 0 aliphatic heterocycles. The third-order valence-corrected chi connectivity index (χ3v) is 2.64. The summed E-state index contributed by atoms with van der Waals surface area (Å²) in [7, 11) is 0. The first-order chi connectivity index (χ1) is 8.56. The minimum absolute atomic E-state index is 0.0659. The summed E-state index contributed by atoms with van der Waals surface area (Å²) >= 11 is 0. The highest BCUT2D eigenvalue weighted by molar-refractivity contribution is 5.34.